The molecule has 1 atom stereocenters. The van der Waals surface area contributed by atoms with Crippen LogP contribution in [-0.4, -0.2) is 11.7 Å². The maximum Gasteiger partial charge on any atom is 0.119 e. The van der Waals surface area contributed by atoms with Crippen molar-refractivity contribution in [1.82, 2.24) is 0 Å². The lowest BCUT2D eigenvalue weighted by molar-refractivity contribution is 0.108. The van der Waals surface area contributed by atoms with Crippen LogP contribution in [-0.2, 0) is 0 Å². The molecule has 2 rings (SSSR count). The van der Waals surface area contributed by atoms with Gasteiger partial charge in [-0.3, -0.25) is 0 Å². The molecule has 3 heteroatoms. The highest BCUT2D eigenvalue weighted by atomic mass is 79.9. The van der Waals surface area contributed by atoms with Gasteiger partial charge in [0.05, 0.1) is 0 Å². The number of hydrogen-bond acceptors (Lipinski definition) is 2. The van der Waals surface area contributed by atoms with Crippen molar-refractivity contribution < 1.29 is 9.84 Å². The van der Waals surface area contributed by atoms with Gasteiger partial charge in [0, 0.05) is 4.47 Å². The average Bonchev–Trinajstić information content (AvgIpc) is 2.38. The van der Waals surface area contributed by atoms with Crippen molar-refractivity contribution in [3.05, 3.63) is 64.1 Å². The normalized spacial score (nSPS) is 12.2. The molecule has 2 aromatic rings. The molecule has 0 bridgehead atoms. The first-order valence-electron chi connectivity index (χ1n) is 5.78. The fraction of sp³-hybridized carbons (Fsp3) is 0.200. The Morgan fingerprint density at radius 3 is 2.28 bits per heavy atom. The van der Waals surface area contributed by atoms with E-state index in [1.54, 1.807) is 0 Å². The van der Waals surface area contributed by atoms with Crippen LogP contribution in [0.25, 0.3) is 0 Å². The zero-order valence-corrected chi connectivity index (χ0v) is 11.7. The number of aliphatic hydroxyl groups is 1. The summed E-state index contributed by atoms with van der Waals surface area (Å²) in [6, 6.07) is 15.4. The van der Waals surface area contributed by atoms with Crippen LogP contribution in [0.1, 0.15) is 17.2 Å². The lowest BCUT2D eigenvalue weighted by Gasteiger charge is -2.13. The fourth-order valence-corrected chi connectivity index (χ4v) is 1.86. The van der Waals surface area contributed by atoms with E-state index < -0.39 is 6.10 Å². The van der Waals surface area contributed by atoms with Gasteiger partial charge >= 0.3 is 0 Å². The molecule has 0 spiro atoms. The van der Waals surface area contributed by atoms with Gasteiger partial charge in [0.15, 0.2) is 0 Å². The van der Waals surface area contributed by atoms with E-state index in [0.29, 0.717) is 0 Å². The molecule has 0 saturated carbocycles. The topological polar surface area (TPSA) is 29.5 Å². The van der Waals surface area contributed by atoms with Gasteiger partial charge in [0.25, 0.3) is 0 Å². The number of aliphatic hydroxyl groups excluding tert-OH is 1. The first kappa shape index (κ1) is 13.1. The van der Waals surface area contributed by atoms with Crippen molar-refractivity contribution >= 4 is 15.9 Å². The molecular weight excluding hydrogens is 292 g/mol. The Bertz CT molecular complexity index is 491. The second-order valence-corrected chi connectivity index (χ2v) is 5.11. The summed E-state index contributed by atoms with van der Waals surface area (Å²) >= 11 is 3.36. The predicted molar refractivity (Wildman–Crippen MR) is 75.8 cm³/mol. The number of rotatable bonds is 4. The van der Waals surface area contributed by atoms with Crippen molar-refractivity contribution in [2.24, 2.45) is 0 Å². The Hall–Kier alpha value is -1.32. The smallest absolute Gasteiger partial charge is 0.119 e. The molecule has 0 aliphatic carbocycles. The number of aryl methyl sites for hydroxylation is 1. The van der Waals surface area contributed by atoms with Crippen LogP contribution in [0.15, 0.2) is 53.0 Å². The van der Waals surface area contributed by atoms with Crippen molar-refractivity contribution in [1.29, 1.82) is 0 Å². The molecule has 0 aliphatic rings. The van der Waals surface area contributed by atoms with E-state index in [9.17, 15) is 5.11 Å². The minimum absolute atomic E-state index is 0.255. The van der Waals surface area contributed by atoms with Crippen LogP contribution in [0, 0.1) is 6.92 Å². The molecule has 0 aliphatic heterocycles. The van der Waals surface area contributed by atoms with E-state index in [-0.39, 0.29) is 6.61 Å². The average molecular weight is 307 g/mol. The van der Waals surface area contributed by atoms with Gasteiger partial charge in [0.2, 0.25) is 0 Å². The van der Waals surface area contributed by atoms with E-state index in [1.165, 1.54) is 5.56 Å². The lowest BCUT2D eigenvalue weighted by atomic mass is 10.1. The van der Waals surface area contributed by atoms with Crippen LogP contribution in [0.5, 0.6) is 5.75 Å². The van der Waals surface area contributed by atoms with Gasteiger partial charge in [-0.2, -0.15) is 0 Å². The van der Waals surface area contributed by atoms with Crippen molar-refractivity contribution in [3.8, 4) is 5.75 Å². The van der Waals surface area contributed by atoms with E-state index in [2.05, 4.69) is 15.9 Å². The molecule has 0 radical (unpaired) electrons. The van der Waals surface area contributed by atoms with Gasteiger partial charge in [-0.25, -0.2) is 0 Å². The summed E-state index contributed by atoms with van der Waals surface area (Å²) in [5.41, 5.74) is 2.05. The second kappa shape index (κ2) is 6.03. The van der Waals surface area contributed by atoms with Crippen LogP contribution >= 0.6 is 15.9 Å². The molecule has 0 aromatic heterocycles. The van der Waals surface area contributed by atoms with Crippen LogP contribution in [0.3, 0.4) is 0 Å². The number of benzene rings is 2. The summed E-state index contributed by atoms with van der Waals surface area (Å²) in [7, 11) is 0. The van der Waals surface area contributed by atoms with E-state index in [4.69, 9.17) is 4.74 Å². The Labute approximate surface area is 115 Å². The molecule has 1 unspecified atom stereocenters. The molecule has 0 saturated heterocycles. The van der Waals surface area contributed by atoms with E-state index >= 15 is 0 Å². The minimum Gasteiger partial charge on any atom is -0.491 e. The summed E-state index contributed by atoms with van der Waals surface area (Å²) in [6.45, 7) is 2.28. The fourth-order valence-electron chi connectivity index (χ4n) is 1.59. The Balaban J connectivity index is 1.93. The van der Waals surface area contributed by atoms with Gasteiger partial charge in [-0.05, 0) is 36.8 Å². The third-order valence-electron chi connectivity index (χ3n) is 2.68. The molecule has 0 fully saturated rings. The van der Waals surface area contributed by atoms with Crippen LogP contribution in [0.4, 0.5) is 0 Å². The maximum atomic E-state index is 9.99. The number of hydrogen-bond donors (Lipinski definition) is 1. The highest BCUT2D eigenvalue weighted by Gasteiger charge is 2.07. The largest absolute Gasteiger partial charge is 0.491 e. The summed E-state index contributed by atoms with van der Waals surface area (Å²) in [6.07, 6.45) is -0.603. The SMILES string of the molecule is Cc1ccc(C(O)COc2ccc(Br)cc2)cc1. The molecule has 0 amide bonds. The molecule has 94 valence electrons. The third-order valence-corrected chi connectivity index (χ3v) is 3.21. The van der Waals surface area contributed by atoms with E-state index in [0.717, 1.165) is 15.8 Å². The lowest BCUT2D eigenvalue weighted by Crippen LogP contribution is -2.09. The Morgan fingerprint density at radius 1 is 1.06 bits per heavy atom. The molecular formula is C15H15BrO2. The monoisotopic (exact) mass is 306 g/mol. The second-order valence-electron chi connectivity index (χ2n) is 4.19. The zero-order valence-electron chi connectivity index (χ0n) is 10.1. The van der Waals surface area contributed by atoms with E-state index in [1.807, 2.05) is 55.5 Å². The molecule has 18 heavy (non-hydrogen) atoms. The van der Waals surface area contributed by atoms with Crippen molar-refractivity contribution in [2.75, 3.05) is 6.61 Å². The van der Waals surface area contributed by atoms with Gasteiger partial charge < -0.3 is 9.84 Å². The zero-order chi connectivity index (χ0) is 13.0. The minimum atomic E-state index is -0.603. The third kappa shape index (κ3) is 3.59. The maximum absolute atomic E-state index is 9.99. The predicted octanol–water partition coefficient (Wildman–Crippen LogP) is 3.87. The number of halogens is 1. The Kier molecular flexibility index (Phi) is 4.39. The van der Waals surface area contributed by atoms with Gasteiger partial charge in [0.1, 0.15) is 18.5 Å². The highest BCUT2D eigenvalue weighted by Crippen LogP contribution is 2.19. The molecule has 2 aromatic carbocycles. The summed E-state index contributed by atoms with van der Waals surface area (Å²) in [5.74, 6) is 0.754. The summed E-state index contributed by atoms with van der Waals surface area (Å²) < 4.78 is 6.54. The quantitative estimate of drug-likeness (QED) is 0.929. The highest BCUT2D eigenvalue weighted by molar-refractivity contribution is 9.10. The molecule has 2 nitrogen and oxygen atoms in total. The summed E-state index contributed by atoms with van der Waals surface area (Å²) in [4.78, 5) is 0. The van der Waals surface area contributed by atoms with Crippen LogP contribution in [0.2, 0.25) is 0 Å². The van der Waals surface area contributed by atoms with Crippen LogP contribution < -0.4 is 4.74 Å². The first-order chi connectivity index (χ1) is 8.65. The number of ether oxygens (including phenoxy) is 1. The first-order valence-corrected chi connectivity index (χ1v) is 6.57. The molecule has 1 N–H and O–H groups in total. The van der Waals surface area contributed by atoms with Crippen molar-refractivity contribution in [3.63, 3.8) is 0 Å². The van der Waals surface area contributed by atoms with Crippen molar-refractivity contribution in [2.45, 2.75) is 13.0 Å². The standard InChI is InChI=1S/C15H15BrO2/c1-11-2-4-12(5-3-11)15(17)10-18-14-8-6-13(16)7-9-14/h2-9,15,17H,10H2,1H3. The summed E-state index contributed by atoms with van der Waals surface area (Å²) in [5, 5.41) is 9.99. The molecule has 0 heterocycles. The van der Waals surface area contributed by atoms with Gasteiger partial charge in [-0.15, -0.1) is 0 Å². The Morgan fingerprint density at radius 2 is 1.67 bits per heavy atom. The van der Waals surface area contributed by atoms with Gasteiger partial charge in [-0.1, -0.05) is 45.8 Å².